The molecular weight excluding hydrogens is 258 g/mol. The summed E-state index contributed by atoms with van der Waals surface area (Å²) in [5.74, 6) is -4.07. The highest BCUT2D eigenvalue weighted by Gasteiger charge is 2.41. The van der Waals surface area contributed by atoms with Gasteiger partial charge in [0.15, 0.2) is 17.7 Å². The van der Waals surface area contributed by atoms with Crippen molar-refractivity contribution >= 4 is 5.97 Å². The normalized spacial score (nSPS) is 26.4. The molecule has 1 fully saturated rings. The Morgan fingerprint density at radius 1 is 1.47 bits per heavy atom. The van der Waals surface area contributed by atoms with Gasteiger partial charge in [-0.3, -0.25) is 0 Å². The molecule has 104 valence electrons. The Bertz CT molecular complexity index is 504. The van der Waals surface area contributed by atoms with Gasteiger partial charge in [0.1, 0.15) is 0 Å². The minimum absolute atomic E-state index is 0.256. The number of carbonyl (C=O) groups is 1. The minimum Gasteiger partial charge on any atom is -0.493 e. The molecule has 1 N–H and O–H groups in total. The zero-order valence-corrected chi connectivity index (χ0v) is 10.5. The Morgan fingerprint density at radius 2 is 2.16 bits per heavy atom. The van der Waals surface area contributed by atoms with Crippen LogP contribution in [0.4, 0.5) is 8.78 Å². The predicted octanol–water partition coefficient (Wildman–Crippen LogP) is 2.32. The lowest BCUT2D eigenvalue weighted by atomic mass is 9.90. The van der Waals surface area contributed by atoms with Crippen LogP contribution in [0.1, 0.15) is 24.8 Å². The number of hydrogen-bond donors (Lipinski definition) is 1. The SMILES string of the molecule is COc1c([C@@H]2CC(C)O[C@H]2C(=O)O)ccc(F)c1F. The van der Waals surface area contributed by atoms with E-state index >= 15 is 0 Å². The molecule has 1 aromatic carbocycles. The Kier molecular flexibility index (Phi) is 3.71. The fourth-order valence-electron chi connectivity index (χ4n) is 2.45. The molecule has 6 heteroatoms. The van der Waals surface area contributed by atoms with Crippen molar-refractivity contribution in [3.63, 3.8) is 0 Å². The van der Waals surface area contributed by atoms with Gasteiger partial charge in [0.2, 0.25) is 5.82 Å². The number of carboxylic acid groups (broad SMARTS) is 1. The van der Waals surface area contributed by atoms with Gasteiger partial charge < -0.3 is 14.6 Å². The van der Waals surface area contributed by atoms with E-state index in [1.54, 1.807) is 6.92 Å². The predicted molar refractivity (Wildman–Crippen MR) is 62.2 cm³/mol. The maximum absolute atomic E-state index is 13.7. The summed E-state index contributed by atoms with van der Waals surface area (Å²) >= 11 is 0. The third-order valence-electron chi connectivity index (χ3n) is 3.26. The van der Waals surface area contributed by atoms with Crippen LogP contribution in [0, 0.1) is 11.6 Å². The third-order valence-corrected chi connectivity index (χ3v) is 3.26. The van der Waals surface area contributed by atoms with E-state index in [0.717, 1.165) is 6.07 Å². The first kappa shape index (κ1) is 13.7. The first-order chi connectivity index (χ1) is 8.95. The number of methoxy groups -OCH3 is 1. The van der Waals surface area contributed by atoms with Gasteiger partial charge in [-0.2, -0.15) is 4.39 Å². The molecule has 0 radical (unpaired) electrons. The van der Waals surface area contributed by atoms with Crippen LogP contribution in [0.5, 0.6) is 5.75 Å². The van der Waals surface area contributed by atoms with E-state index in [1.807, 2.05) is 0 Å². The van der Waals surface area contributed by atoms with E-state index in [0.29, 0.717) is 12.0 Å². The summed E-state index contributed by atoms with van der Waals surface area (Å²) in [6, 6.07) is 2.31. The van der Waals surface area contributed by atoms with E-state index < -0.39 is 29.6 Å². The second-order valence-electron chi connectivity index (χ2n) is 4.53. The van der Waals surface area contributed by atoms with E-state index in [-0.39, 0.29) is 11.9 Å². The van der Waals surface area contributed by atoms with Crippen molar-refractivity contribution in [1.82, 2.24) is 0 Å². The highest BCUT2D eigenvalue weighted by atomic mass is 19.2. The van der Waals surface area contributed by atoms with Gasteiger partial charge in [-0.15, -0.1) is 0 Å². The topological polar surface area (TPSA) is 55.8 Å². The molecule has 4 nitrogen and oxygen atoms in total. The smallest absolute Gasteiger partial charge is 0.333 e. The van der Waals surface area contributed by atoms with E-state index in [2.05, 4.69) is 0 Å². The maximum Gasteiger partial charge on any atom is 0.333 e. The van der Waals surface area contributed by atoms with E-state index in [9.17, 15) is 13.6 Å². The second-order valence-corrected chi connectivity index (χ2v) is 4.53. The molecule has 1 aliphatic rings. The lowest BCUT2D eigenvalue weighted by Gasteiger charge is -2.18. The van der Waals surface area contributed by atoms with Crippen molar-refractivity contribution < 1.29 is 28.2 Å². The second kappa shape index (κ2) is 5.13. The van der Waals surface area contributed by atoms with Crippen LogP contribution >= 0.6 is 0 Å². The number of aliphatic carboxylic acids is 1. The van der Waals surface area contributed by atoms with Gasteiger partial charge in [-0.25, -0.2) is 9.18 Å². The molecule has 1 heterocycles. The molecule has 1 saturated heterocycles. The van der Waals surface area contributed by atoms with Gasteiger partial charge in [0, 0.05) is 11.5 Å². The van der Waals surface area contributed by atoms with Gasteiger partial charge in [0.25, 0.3) is 0 Å². The standard InChI is InChI=1S/C13H14F2O4/c1-6-5-8(12(19-6)13(16)17)7-3-4-9(14)10(15)11(7)18-2/h3-4,6,8,12H,5H2,1-2H3,(H,16,17)/t6?,8-,12+/m0/s1. The van der Waals surface area contributed by atoms with Gasteiger partial charge >= 0.3 is 5.97 Å². The molecule has 1 aromatic rings. The van der Waals surface area contributed by atoms with Gasteiger partial charge in [-0.1, -0.05) is 6.07 Å². The Balaban J connectivity index is 2.46. The fourth-order valence-corrected chi connectivity index (χ4v) is 2.45. The summed E-state index contributed by atoms with van der Waals surface area (Å²) in [5, 5.41) is 9.12. The highest BCUT2D eigenvalue weighted by molar-refractivity contribution is 5.74. The molecule has 2 rings (SSSR count). The zero-order chi connectivity index (χ0) is 14.2. The molecule has 19 heavy (non-hydrogen) atoms. The minimum atomic E-state index is -1.12. The van der Waals surface area contributed by atoms with Gasteiger partial charge in [-0.05, 0) is 19.4 Å². The Morgan fingerprint density at radius 3 is 2.74 bits per heavy atom. The average molecular weight is 272 g/mol. The molecule has 1 unspecified atom stereocenters. The molecular formula is C13H14F2O4. The van der Waals surface area contributed by atoms with Crippen molar-refractivity contribution in [3.05, 3.63) is 29.3 Å². The van der Waals surface area contributed by atoms with Crippen LogP contribution in [0.2, 0.25) is 0 Å². The summed E-state index contributed by atoms with van der Waals surface area (Å²) in [4.78, 5) is 11.1. The van der Waals surface area contributed by atoms with Crippen LogP contribution in [-0.2, 0) is 9.53 Å². The summed E-state index contributed by atoms with van der Waals surface area (Å²) in [6.45, 7) is 1.74. The Labute approximate surface area is 108 Å². The molecule has 0 spiro atoms. The highest BCUT2D eigenvalue weighted by Crippen LogP contribution is 2.40. The van der Waals surface area contributed by atoms with Crippen LogP contribution in [0.3, 0.4) is 0 Å². The zero-order valence-electron chi connectivity index (χ0n) is 10.5. The van der Waals surface area contributed by atoms with Crippen molar-refractivity contribution in [3.8, 4) is 5.75 Å². The quantitative estimate of drug-likeness (QED) is 0.917. The lowest BCUT2D eigenvalue weighted by molar-refractivity contribution is -0.149. The molecule has 0 aromatic heterocycles. The van der Waals surface area contributed by atoms with Crippen molar-refractivity contribution in [1.29, 1.82) is 0 Å². The first-order valence-electron chi connectivity index (χ1n) is 5.85. The van der Waals surface area contributed by atoms with Gasteiger partial charge in [0.05, 0.1) is 13.2 Å². The summed E-state index contributed by atoms with van der Waals surface area (Å²) < 4.78 is 37.0. The number of carboxylic acids is 1. The molecule has 0 bridgehead atoms. The number of rotatable bonds is 3. The number of hydrogen-bond acceptors (Lipinski definition) is 3. The van der Waals surface area contributed by atoms with E-state index in [1.165, 1.54) is 13.2 Å². The molecule has 0 saturated carbocycles. The lowest BCUT2D eigenvalue weighted by Crippen LogP contribution is -2.25. The number of benzene rings is 1. The number of halogens is 2. The van der Waals surface area contributed by atoms with Crippen molar-refractivity contribution in [2.24, 2.45) is 0 Å². The van der Waals surface area contributed by atoms with Crippen LogP contribution in [0.25, 0.3) is 0 Å². The monoisotopic (exact) mass is 272 g/mol. The van der Waals surface area contributed by atoms with Crippen LogP contribution in [-0.4, -0.2) is 30.4 Å². The molecule has 1 aliphatic heterocycles. The summed E-state index contributed by atoms with van der Waals surface area (Å²) in [6.07, 6.45) is -0.920. The fraction of sp³-hybridized carbons (Fsp3) is 0.462. The molecule has 3 atom stereocenters. The van der Waals surface area contributed by atoms with Crippen molar-refractivity contribution in [2.45, 2.75) is 31.5 Å². The van der Waals surface area contributed by atoms with Crippen LogP contribution in [0.15, 0.2) is 12.1 Å². The summed E-state index contributed by atoms with van der Waals surface area (Å²) in [5.41, 5.74) is 0.318. The first-order valence-corrected chi connectivity index (χ1v) is 5.85. The van der Waals surface area contributed by atoms with Crippen LogP contribution < -0.4 is 4.74 Å². The molecule has 0 amide bonds. The van der Waals surface area contributed by atoms with E-state index in [4.69, 9.17) is 14.6 Å². The average Bonchev–Trinajstić information content (AvgIpc) is 2.74. The molecule has 0 aliphatic carbocycles. The third kappa shape index (κ3) is 2.40. The Hall–Kier alpha value is -1.69. The van der Waals surface area contributed by atoms with Crippen molar-refractivity contribution in [2.75, 3.05) is 7.11 Å². The maximum atomic E-state index is 13.7. The largest absolute Gasteiger partial charge is 0.493 e. The number of ether oxygens (including phenoxy) is 2. The summed E-state index contributed by atoms with van der Waals surface area (Å²) in [7, 11) is 1.22.